The van der Waals surface area contributed by atoms with Gasteiger partial charge in [0.05, 0.1) is 5.54 Å². The highest BCUT2D eigenvalue weighted by Crippen LogP contribution is 2.23. The Kier molecular flexibility index (Phi) is 9.68. The van der Waals surface area contributed by atoms with Gasteiger partial charge in [-0.25, -0.2) is 0 Å². The fraction of sp³-hybridized carbons (Fsp3) is 0.550. The zero-order chi connectivity index (χ0) is 17.2. The van der Waals surface area contributed by atoms with Gasteiger partial charge in [0.15, 0.2) is 0 Å². The van der Waals surface area contributed by atoms with Crippen molar-refractivity contribution in [1.29, 1.82) is 0 Å². The number of hydrogen-bond acceptors (Lipinski definition) is 2. The van der Waals surface area contributed by atoms with Gasteiger partial charge in [-0.15, -0.1) is 0 Å². The highest BCUT2D eigenvalue weighted by Gasteiger charge is 2.19. The SMILES string of the molecule is CC=CC(C/C=C\C(=C/C)C(C)(C)/N=C(/C)CNC)=C(C)C. The molecule has 0 aromatic carbocycles. The number of aliphatic imine (C=N–C) groups is 1. The van der Waals surface area contributed by atoms with E-state index in [9.17, 15) is 0 Å². The molecule has 22 heavy (non-hydrogen) atoms. The molecule has 0 aromatic heterocycles. The van der Waals surface area contributed by atoms with Crippen LogP contribution in [0.25, 0.3) is 0 Å². The summed E-state index contributed by atoms with van der Waals surface area (Å²) in [5.41, 5.74) is 4.92. The van der Waals surface area contributed by atoms with Gasteiger partial charge in [0.2, 0.25) is 0 Å². The van der Waals surface area contributed by atoms with E-state index in [2.05, 4.69) is 84.2 Å². The molecule has 0 amide bonds. The van der Waals surface area contributed by atoms with Gasteiger partial charge >= 0.3 is 0 Å². The highest BCUT2D eigenvalue weighted by molar-refractivity contribution is 5.84. The first-order valence-electron chi connectivity index (χ1n) is 8.10. The van der Waals surface area contributed by atoms with Crippen molar-refractivity contribution in [1.82, 2.24) is 5.32 Å². The predicted molar refractivity (Wildman–Crippen MR) is 102 cm³/mol. The van der Waals surface area contributed by atoms with E-state index in [4.69, 9.17) is 4.99 Å². The molecule has 0 unspecified atom stereocenters. The predicted octanol–water partition coefficient (Wildman–Crippen LogP) is 5.25. The molecule has 0 atom stereocenters. The van der Waals surface area contributed by atoms with E-state index in [0.29, 0.717) is 0 Å². The summed E-state index contributed by atoms with van der Waals surface area (Å²) >= 11 is 0. The number of nitrogens with one attached hydrogen (secondary N) is 1. The molecule has 2 heteroatoms. The monoisotopic (exact) mass is 302 g/mol. The van der Waals surface area contributed by atoms with E-state index < -0.39 is 0 Å². The Bertz CT molecular complexity index is 482. The van der Waals surface area contributed by atoms with Crippen molar-refractivity contribution in [2.45, 2.75) is 60.4 Å². The summed E-state index contributed by atoms with van der Waals surface area (Å²) in [5, 5.41) is 3.15. The molecule has 0 rings (SSSR count). The van der Waals surface area contributed by atoms with Crippen LogP contribution in [0.5, 0.6) is 0 Å². The Balaban J connectivity index is 5.11. The van der Waals surface area contributed by atoms with Gasteiger partial charge in [0, 0.05) is 12.3 Å². The molecule has 0 fully saturated rings. The normalized spacial score (nSPS) is 14.2. The molecule has 0 saturated heterocycles. The first-order chi connectivity index (χ1) is 10.3. The Morgan fingerprint density at radius 1 is 1.09 bits per heavy atom. The first-order valence-corrected chi connectivity index (χ1v) is 8.10. The quantitative estimate of drug-likeness (QED) is 0.480. The third-order valence-electron chi connectivity index (χ3n) is 3.57. The molecule has 0 bridgehead atoms. The van der Waals surface area contributed by atoms with E-state index in [1.54, 1.807) is 0 Å². The van der Waals surface area contributed by atoms with Gasteiger partial charge in [0.1, 0.15) is 0 Å². The Hall–Kier alpha value is -1.41. The van der Waals surface area contributed by atoms with E-state index in [1.807, 2.05) is 7.05 Å². The maximum absolute atomic E-state index is 4.85. The Morgan fingerprint density at radius 2 is 1.73 bits per heavy atom. The second-order valence-electron chi connectivity index (χ2n) is 6.31. The van der Waals surface area contributed by atoms with Crippen LogP contribution >= 0.6 is 0 Å². The smallest absolute Gasteiger partial charge is 0.0797 e. The topological polar surface area (TPSA) is 24.4 Å². The fourth-order valence-electron chi connectivity index (χ4n) is 2.44. The molecule has 0 aliphatic heterocycles. The van der Waals surface area contributed by atoms with Crippen molar-refractivity contribution in [3.05, 3.63) is 47.1 Å². The summed E-state index contributed by atoms with van der Waals surface area (Å²) < 4.78 is 0. The van der Waals surface area contributed by atoms with Crippen LogP contribution in [-0.2, 0) is 0 Å². The molecule has 0 saturated carbocycles. The van der Waals surface area contributed by atoms with Gasteiger partial charge in [-0.1, -0.05) is 36.0 Å². The molecule has 2 nitrogen and oxygen atoms in total. The average molecular weight is 303 g/mol. The van der Waals surface area contributed by atoms with Gasteiger partial charge in [-0.05, 0) is 73.1 Å². The van der Waals surface area contributed by atoms with Crippen molar-refractivity contribution in [2.75, 3.05) is 13.6 Å². The second kappa shape index (κ2) is 10.3. The van der Waals surface area contributed by atoms with Gasteiger partial charge in [0.25, 0.3) is 0 Å². The molecule has 0 aliphatic rings. The maximum Gasteiger partial charge on any atom is 0.0797 e. The zero-order valence-electron chi connectivity index (χ0n) is 15.7. The molecular weight excluding hydrogens is 268 g/mol. The number of rotatable bonds is 8. The van der Waals surface area contributed by atoms with Crippen LogP contribution < -0.4 is 5.32 Å². The molecule has 124 valence electrons. The van der Waals surface area contributed by atoms with Crippen LogP contribution in [0.4, 0.5) is 0 Å². The minimum atomic E-state index is -0.197. The second-order valence-corrected chi connectivity index (χ2v) is 6.31. The number of hydrogen-bond donors (Lipinski definition) is 1. The van der Waals surface area contributed by atoms with Crippen LogP contribution in [0.15, 0.2) is 52.1 Å². The van der Waals surface area contributed by atoms with Crippen LogP contribution in [0, 0.1) is 0 Å². The van der Waals surface area contributed by atoms with Crippen molar-refractivity contribution >= 4 is 5.71 Å². The lowest BCUT2D eigenvalue weighted by Gasteiger charge is -2.23. The molecular formula is C20H34N2. The van der Waals surface area contributed by atoms with Crippen LogP contribution in [-0.4, -0.2) is 24.8 Å². The fourth-order valence-corrected chi connectivity index (χ4v) is 2.44. The Labute approximate surface area is 137 Å². The van der Waals surface area contributed by atoms with E-state index in [-0.39, 0.29) is 5.54 Å². The van der Waals surface area contributed by atoms with Crippen LogP contribution in [0.1, 0.15) is 54.9 Å². The average Bonchev–Trinajstić information content (AvgIpc) is 2.41. The summed E-state index contributed by atoms with van der Waals surface area (Å²) in [7, 11) is 1.95. The van der Waals surface area contributed by atoms with Crippen LogP contribution in [0.3, 0.4) is 0 Å². The number of nitrogens with zero attached hydrogens (tertiary/aromatic N) is 1. The van der Waals surface area contributed by atoms with E-state index >= 15 is 0 Å². The van der Waals surface area contributed by atoms with E-state index in [0.717, 1.165) is 18.7 Å². The lowest BCUT2D eigenvalue weighted by molar-refractivity contribution is 0.624. The van der Waals surface area contributed by atoms with E-state index in [1.165, 1.54) is 16.7 Å². The summed E-state index contributed by atoms with van der Waals surface area (Å²) in [4.78, 5) is 4.85. The maximum atomic E-state index is 4.85. The first kappa shape index (κ1) is 20.6. The number of allylic oxidation sites excluding steroid dienone is 6. The van der Waals surface area contributed by atoms with Crippen molar-refractivity contribution in [3.63, 3.8) is 0 Å². The Morgan fingerprint density at radius 3 is 2.18 bits per heavy atom. The highest BCUT2D eigenvalue weighted by atomic mass is 14.9. The third-order valence-corrected chi connectivity index (χ3v) is 3.57. The van der Waals surface area contributed by atoms with Crippen molar-refractivity contribution in [2.24, 2.45) is 4.99 Å². The summed E-state index contributed by atoms with van der Waals surface area (Å²) in [6.07, 6.45) is 11.9. The largest absolute Gasteiger partial charge is 0.315 e. The summed E-state index contributed by atoms with van der Waals surface area (Å²) in [6.45, 7) is 15.7. The lowest BCUT2D eigenvalue weighted by atomic mass is 9.93. The zero-order valence-corrected chi connectivity index (χ0v) is 15.7. The molecule has 0 spiro atoms. The molecule has 1 N–H and O–H groups in total. The van der Waals surface area contributed by atoms with Gasteiger partial charge in [-0.3, -0.25) is 4.99 Å². The van der Waals surface area contributed by atoms with Gasteiger partial charge in [-0.2, -0.15) is 0 Å². The minimum Gasteiger partial charge on any atom is -0.315 e. The molecule has 0 aliphatic carbocycles. The summed E-state index contributed by atoms with van der Waals surface area (Å²) in [6, 6.07) is 0. The van der Waals surface area contributed by atoms with Crippen LogP contribution in [0.2, 0.25) is 0 Å². The minimum absolute atomic E-state index is 0.197. The van der Waals surface area contributed by atoms with Crippen molar-refractivity contribution in [3.8, 4) is 0 Å². The van der Waals surface area contributed by atoms with Gasteiger partial charge < -0.3 is 5.32 Å². The molecule has 0 aromatic rings. The molecule has 0 heterocycles. The van der Waals surface area contributed by atoms with Crippen molar-refractivity contribution < 1.29 is 0 Å². The third kappa shape index (κ3) is 7.56. The molecule has 0 radical (unpaired) electrons. The lowest BCUT2D eigenvalue weighted by Crippen LogP contribution is -2.25. The standard InChI is InChI=1S/C20H34N2/c1-9-12-18(16(3)4)13-11-14-19(10-2)20(6,7)22-17(5)15-21-8/h9-12,14,21H,13,15H2,1-8H3/b12-9?,14-11-,19-10+,22-17-. The summed E-state index contributed by atoms with van der Waals surface area (Å²) in [5.74, 6) is 0.